The standard InChI is InChI=1S/C21H25NO4/c1-5-19(26-16-12-14(3)11-15(4)13-16)20(23)22-18-10-8-7-9-17(18)21(24)25-6-2/h7-13,19H,5-6H2,1-4H3,(H,22,23). The van der Waals surface area contributed by atoms with E-state index >= 15 is 0 Å². The fraction of sp³-hybridized carbons (Fsp3) is 0.333. The largest absolute Gasteiger partial charge is 0.481 e. The zero-order valence-corrected chi connectivity index (χ0v) is 15.7. The van der Waals surface area contributed by atoms with Crippen LogP contribution in [-0.4, -0.2) is 24.6 Å². The van der Waals surface area contributed by atoms with Gasteiger partial charge in [0, 0.05) is 0 Å². The van der Waals surface area contributed by atoms with Crippen LogP contribution in [0.5, 0.6) is 5.75 Å². The molecule has 0 aliphatic heterocycles. The molecule has 0 saturated heterocycles. The van der Waals surface area contributed by atoms with E-state index in [9.17, 15) is 9.59 Å². The summed E-state index contributed by atoms with van der Waals surface area (Å²) < 4.78 is 10.9. The first-order valence-electron chi connectivity index (χ1n) is 8.76. The third-order valence-corrected chi connectivity index (χ3v) is 3.82. The number of carbonyl (C=O) groups excluding carboxylic acids is 2. The quantitative estimate of drug-likeness (QED) is 0.753. The third-order valence-electron chi connectivity index (χ3n) is 3.82. The van der Waals surface area contributed by atoms with Gasteiger partial charge in [-0.05, 0) is 62.6 Å². The Morgan fingerprint density at radius 2 is 1.69 bits per heavy atom. The van der Waals surface area contributed by atoms with Crippen LogP contribution in [0.1, 0.15) is 41.8 Å². The monoisotopic (exact) mass is 355 g/mol. The minimum Gasteiger partial charge on any atom is -0.481 e. The van der Waals surface area contributed by atoms with Gasteiger partial charge in [0.25, 0.3) is 5.91 Å². The summed E-state index contributed by atoms with van der Waals surface area (Å²) in [6.45, 7) is 7.86. The Labute approximate surface area is 154 Å². The van der Waals surface area contributed by atoms with E-state index in [-0.39, 0.29) is 12.5 Å². The van der Waals surface area contributed by atoms with Crippen molar-refractivity contribution in [3.63, 3.8) is 0 Å². The minimum atomic E-state index is -0.661. The van der Waals surface area contributed by atoms with E-state index in [1.165, 1.54) is 0 Å². The normalized spacial score (nSPS) is 11.5. The molecule has 2 aromatic rings. The number of amides is 1. The Balaban J connectivity index is 2.16. The number of hydrogen-bond acceptors (Lipinski definition) is 4. The van der Waals surface area contributed by atoms with Gasteiger partial charge >= 0.3 is 5.97 Å². The van der Waals surface area contributed by atoms with Crippen molar-refractivity contribution in [2.24, 2.45) is 0 Å². The highest BCUT2D eigenvalue weighted by molar-refractivity contribution is 6.02. The molecule has 0 aliphatic rings. The molecule has 0 radical (unpaired) electrons. The zero-order valence-electron chi connectivity index (χ0n) is 15.7. The second-order valence-electron chi connectivity index (χ2n) is 6.09. The third kappa shape index (κ3) is 5.09. The number of hydrogen-bond donors (Lipinski definition) is 1. The molecule has 0 heterocycles. The van der Waals surface area contributed by atoms with Crippen molar-refractivity contribution in [2.45, 2.75) is 40.2 Å². The maximum Gasteiger partial charge on any atom is 0.340 e. The van der Waals surface area contributed by atoms with Crippen LogP contribution in [0, 0.1) is 13.8 Å². The molecular weight excluding hydrogens is 330 g/mol. The summed E-state index contributed by atoms with van der Waals surface area (Å²) in [5.74, 6) is -0.113. The van der Waals surface area contributed by atoms with Gasteiger partial charge in [0.1, 0.15) is 5.75 Å². The van der Waals surface area contributed by atoms with E-state index in [0.29, 0.717) is 23.4 Å². The summed E-state index contributed by atoms with van der Waals surface area (Å²) in [4.78, 5) is 24.7. The summed E-state index contributed by atoms with van der Waals surface area (Å²) in [5, 5.41) is 2.79. The van der Waals surface area contributed by atoms with Gasteiger partial charge in [-0.1, -0.05) is 25.1 Å². The summed E-state index contributed by atoms with van der Waals surface area (Å²) >= 11 is 0. The van der Waals surface area contributed by atoms with E-state index < -0.39 is 12.1 Å². The lowest BCUT2D eigenvalue weighted by atomic mass is 10.1. The number of benzene rings is 2. The maximum atomic E-state index is 12.7. The van der Waals surface area contributed by atoms with Gasteiger partial charge in [0.05, 0.1) is 17.9 Å². The molecule has 1 unspecified atom stereocenters. The fourth-order valence-electron chi connectivity index (χ4n) is 2.68. The number of carbonyl (C=O) groups is 2. The number of anilines is 1. The smallest absolute Gasteiger partial charge is 0.340 e. The van der Waals surface area contributed by atoms with E-state index in [1.54, 1.807) is 31.2 Å². The van der Waals surface area contributed by atoms with Gasteiger partial charge < -0.3 is 14.8 Å². The molecule has 5 heteroatoms. The molecule has 0 fully saturated rings. The first kappa shape index (κ1) is 19.5. The molecule has 0 aliphatic carbocycles. The van der Waals surface area contributed by atoms with E-state index in [1.807, 2.05) is 39.0 Å². The lowest BCUT2D eigenvalue weighted by Crippen LogP contribution is -2.33. The molecular formula is C21H25NO4. The first-order valence-corrected chi connectivity index (χ1v) is 8.76. The van der Waals surface area contributed by atoms with Gasteiger partial charge in [-0.2, -0.15) is 0 Å². The first-order chi connectivity index (χ1) is 12.4. The summed E-state index contributed by atoms with van der Waals surface area (Å²) in [7, 11) is 0. The van der Waals surface area contributed by atoms with Crippen molar-refractivity contribution in [1.29, 1.82) is 0 Å². The second-order valence-corrected chi connectivity index (χ2v) is 6.09. The molecule has 2 rings (SSSR count). The molecule has 0 aromatic heterocycles. The number of para-hydroxylation sites is 1. The predicted octanol–water partition coefficient (Wildman–Crippen LogP) is 4.28. The Hall–Kier alpha value is -2.82. The Bertz CT molecular complexity index is 765. The SMILES string of the molecule is CCOC(=O)c1ccccc1NC(=O)C(CC)Oc1cc(C)cc(C)c1. The topological polar surface area (TPSA) is 64.6 Å². The van der Waals surface area contributed by atoms with Crippen molar-refractivity contribution < 1.29 is 19.1 Å². The average Bonchev–Trinajstić information content (AvgIpc) is 2.59. The van der Waals surface area contributed by atoms with Crippen LogP contribution in [0.2, 0.25) is 0 Å². The summed E-state index contributed by atoms with van der Waals surface area (Å²) in [5.41, 5.74) is 2.88. The average molecular weight is 355 g/mol. The molecule has 0 saturated carbocycles. The number of nitrogens with one attached hydrogen (secondary N) is 1. The number of ether oxygens (including phenoxy) is 2. The van der Waals surface area contributed by atoms with Crippen molar-refractivity contribution in [3.05, 3.63) is 59.2 Å². The summed E-state index contributed by atoms with van der Waals surface area (Å²) in [6, 6.07) is 12.6. The van der Waals surface area contributed by atoms with Gasteiger partial charge in [-0.25, -0.2) is 4.79 Å². The highest BCUT2D eigenvalue weighted by atomic mass is 16.5. The van der Waals surface area contributed by atoms with E-state index in [2.05, 4.69) is 5.32 Å². The Morgan fingerprint density at radius 3 is 2.31 bits per heavy atom. The highest BCUT2D eigenvalue weighted by Gasteiger charge is 2.21. The zero-order chi connectivity index (χ0) is 19.1. The van der Waals surface area contributed by atoms with Crippen LogP contribution < -0.4 is 10.1 Å². The van der Waals surface area contributed by atoms with Gasteiger partial charge in [-0.3, -0.25) is 4.79 Å². The van der Waals surface area contributed by atoms with Crippen LogP contribution in [0.3, 0.4) is 0 Å². The molecule has 1 atom stereocenters. The lowest BCUT2D eigenvalue weighted by Gasteiger charge is -2.19. The van der Waals surface area contributed by atoms with Crippen molar-refractivity contribution in [3.8, 4) is 5.75 Å². The molecule has 138 valence electrons. The fourth-order valence-corrected chi connectivity index (χ4v) is 2.68. The molecule has 0 bridgehead atoms. The van der Waals surface area contributed by atoms with Gasteiger partial charge in [-0.15, -0.1) is 0 Å². The van der Waals surface area contributed by atoms with E-state index in [0.717, 1.165) is 11.1 Å². The van der Waals surface area contributed by atoms with Gasteiger partial charge in [0.15, 0.2) is 6.10 Å². The van der Waals surface area contributed by atoms with E-state index in [4.69, 9.17) is 9.47 Å². The van der Waals surface area contributed by atoms with Gasteiger partial charge in [0.2, 0.25) is 0 Å². The highest BCUT2D eigenvalue weighted by Crippen LogP contribution is 2.21. The number of aryl methyl sites for hydroxylation is 2. The second kappa shape index (κ2) is 9.04. The molecule has 5 nitrogen and oxygen atoms in total. The number of rotatable bonds is 7. The Kier molecular flexibility index (Phi) is 6.78. The van der Waals surface area contributed by atoms with Crippen molar-refractivity contribution in [2.75, 3.05) is 11.9 Å². The van der Waals surface area contributed by atoms with Crippen LogP contribution >= 0.6 is 0 Å². The van der Waals surface area contributed by atoms with Crippen LogP contribution in [0.25, 0.3) is 0 Å². The van der Waals surface area contributed by atoms with Crippen molar-refractivity contribution in [1.82, 2.24) is 0 Å². The van der Waals surface area contributed by atoms with Crippen LogP contribution in [-0.2, 0) is 9.53 Å². The van der Waals surface area contributed by atoms with Crippen LogP contribution in [0.4, 0.5) is 5.69 Å². The molecule has 0 spiro atoms. The molecule has 2 aromatic carbocycles. The van der Waals surface area contributed by atoms with Crippen LogP contribution in [0.15, 0.2) is 42.5 Å². The molecule has 1 N–H and O–H groups in total. The van der Waals surface area contributed by atoms with Crippen molar-refractivity contribution >= 4 is 17.6 Å². The predicted molar refractivity (Wildman–Crippen MR) is 102 cm³/mol. The minimum absolute atomic E-state index is 0.272. The maximum absolute atomic E-state index is 12.7. The summed E-state index contributed by atoms with van der Waals surface area (Å²) in [6.07, 6.45) is -0.160. The lowest BCUT2D eigenvalue weighted by molar-refractivity contribution is -0.122. The molecule has 1 amide bonds. The molecule has 26 heavy (non-hydrogen) atoms. The number of esters is 1. The Morgan fingerprint density at radius 1 is 1.04 bits per heavy atom.